The van der Waals surface area contributed by atoms with Crippen LogP contribution >= 0.6 is 0 Å². The third-order valence-corrected chi connectivity index (χ3v) is 4.42. The van der Waals surface area contributed by atoms with Gasteiger partial charge in [-0.05, 0) is 31.4 Å². The molecule has 0 heterocycles. The molecule has 2 N–H and O–H groups in total. The molecule has 0 spiro atoms. The average molecular weight is 298 g/mol. The van der Waals surface area contributed by atoms with Crippen molar-refractivity contribution in [2.45, 2.75) is 25.3 Å². The van der Waals surface area contributed by atoms with Gasteiger partial charge in [-0.15, -0.1) is 0 Å². The first-order valence-corrected chi connectivity index (χ1v) is 8.69. The first-order chi connectivity index (χ1) is 9.66. The van der Waals surface area contributed by atoms with E-state index in [1.807, 2.05) is 30.3 Å². The van der Waals surface area contributed by atoms with E-state index in [4.69, 9.17) is 4.74 Å². The fourth-order valence-electron chi connectivity index (χ4n) is 1.76. The monoisotopic (exact) mass is 298 g/mol. The molecule has 112 valence electrons. The molecule has 0 atom stereocenters. The summed E-state index contributed by atoms with van der Waals surface area (Å²) in [6.45, 7) is 1.45. The van der Waals surface area contributed by atoms with Crippen LogP contribution in [-0.4, -0.2) is 39.9 Å². The van der Waals surface area contributed by atoms with Crippen LogP contribution in [0.3, 0.4) is 0 Å². The molecule has 1 saturated carbocycles. The van der Waals surface area contributed by atoms with Crippen molar-refractivity contribution in [3.63, 3.8) is 0 Å². The first kappa shape index (κ1) is 15.3. The van der Waals surface area contributed by atoms with Crippen LogP contribution in [0.2, 0.25) is 0 Å². The fourth-order valence-corrected chi connectivity index (χ4v) is 2.75. The summed E-state index contributed by atoms with van der Waals surface area (Å²) in [7, 11) is -3.16. The lowest BCUT2D eigenvalue weighted by molar-refractivity contribution is 0.311. The molecule has 0 bridgehead atoms. The molecule has 0 unspecified atom stereocenters. The number of ether oxygens (including phenoxy) is 1. The Labute approximate surface area is 120 Å². The van der Waals surface area contributed by atoms with Gasteiger partial charge in [0.25, 0.3) is 0 Å². The molecule has 0 aliphatic heterocycles. The average Bonchev–Trinajstić information content (AvgIpc) is 3.23. The summed E-state index contributed by atoms with van der Waals surface area (Å²) in [4.78, 5) is 0. The van der Waals surface area contributed by atoms with Gasteiger partial charge in [0.05, 0.1) is 12.4 Å². The summed E-state index contributed by atoms with van der Waals surface area (Å²) >= 11 is 0. The Bertz CT molecular complexity index is 486. The molecule has 0 amide bonds. The predicted octanol–water partition coefficient (Wildman–Crippen LogP) is 1.13. The fraction of sp³-hybridized carbons (Fsp3) is 0.571. The molecule has 0 saturated heterocycles. The van der Waals surface area contributed by atoms with Crippen LogP contribution in [0.15, 0.2) is 30.3 Å². The minimum Gasteiger partial charge on any atom is -0.494 e. The lowest BCUT2D eigenvalue weighted by atomic mass is 10.3. The molecule has 1 aliphatic rings. The number of hydrogen-bond donors (Lipinski definition) is 2. The summed E-state index contributed by atoms with van der Waals surface area (Å²) in [5.74, 6) is 0.951. The van der Waals surface area contributed by atoms with Crippen molar-refractivity contribution in [3.8, 4) is 5.75 Å². The van der Waals surface area contributed by atoms with E-state index in [2.05, 4.69) is 10.0 Å². The van der Waals surface area contributed by atoms with E-state index in [0.717, 1.165) is 5.75 Å². The summed E-state index contributed by atoms with van der Waals surface area (Å²) < 4.78 is 31.4. The van der Waals surface area contributed by atoms with Crippen LogP contribution in [0.1, 0.15) is 19.3 Å². The highest BCUT2D eigenvalue weighted by atomic mass is 32.2. The minimum atomic E-state index is -3.16. The number of rotatable bonds is 10. The van der Waals surface area contributed by atoms with Crippen molar-refractivity contribution >= 4 is 10.0 Å². The van der Waals surface area contributed by atoms with E-state index in [0.29, 0.717) is 32.2 Å². The van der Waals surface area contributed by atoms with Gasteiger partial charge in [-0.2, -0.15) is 0 Å². The molecular weight excluding hydrogens is 276 g/mol. The third-order valence-electron chi connectivity index (χ3n) is 3.04. The Morgan fingerprint density at radius 1 is 1.15 bits per heavy atom. The molecule has 0 aromatic heterocycles. The van der Waals surface area contributed by atoms with E-state index in [1.165, 1.54) is 12.8 Å². The van der Waals surface area contributed by atoms with E-state index < -0.39 is 10.0 Å². The summed E-state index contributed by atoms with van der Waals surface area (Å²) in [5.41, 5.74) is 0. The van der Waals surface area contributed by atoms with Gasteiger partial charge in [0.2, 0.25) is 10.0 Å². The summed E-state index contributed by atoms with van der Waals surface area (Å²) in [6, 6.07) is 10.1. The number of nitrogens with one attached hydrogen (secondary N) is 2. The van der Waals surface area contributed by atoms with E-state index in [9.17, 15) is 8.42 Å². The largest absolute Gasteiger partial charge is 0.494 e. The van der Waals surface area contributed by atoms with Gasteiger partial charge in [-0.25, -0.2) is 13.1 Å². The maximum atomic E-state index is 11.7. The second-order valence-corrected chi connectivity index (χ2v) is 6.88. The molecule has 6 heteroatoms. The Morgan fingerprint density at radius 3 is 2.60 bits per heavy atom. The molecule has 1 aromatic rings. The van der Waals surface area contributed by atoms with Crippen LogP contribution in [0, 0.1) is 0 Å². The van der Waals surface area contributed by atoms with Crippen LogP contribution in [0.25, 0.3) is 0 Å². The van der Waals surface area contributed by atoms with Gasteiger partial charge in [-0.1, -0.05) is 18.2 Å². The zero-order valence-corrected chi connectivity index (χ0v) is 12.4. The predicted molar refractivity (Wildman–Crippen MR) is 79.4 cm³/mol. The molecule has 20 heavy (non-hydrogen) atoms. The third kappa shape index (κ3) is 6.36. The molecule has 2 rings (SSSR count). The van der Waals surface area contributed by atoms with Crippen molar-refractivity contribution in [1.82, 2.24) is 10.0 Å². The zero-order chi connectivity index (χ0) is 14.3. The quantitative estimate of drug-likeness (QED) is 0.635. The van der Waals surface area contributed by atoms with E-state index in [1.54, 1.807) is 0 Å². The van der Waals surface area contributed by atoms with Gasteiger partial charge in [0.1, 0.15) is 5.75 Å². The first-order valence-electron chi connectivity index (χ1n) is 7.04. The zero-order valence-electron chi connectivity index (χ0n) is 11.5. The normalized spacial score (nSPS) is 15.2. The Morgan fingerprint density at radius 2 is 1.90 bits per heavy atom. The standard InChI is InChI=1S/C14H22N2O3S/c17-20(18,12-10-15-13-7-8-13)16-9-4-11-19-14-5-2-1-3-6-14/h1-3,5-6,13,15-16H,4,7-12H2. The highest BCUT2D eigenvalue weighted by Gasteiger charge is 2.20. The maximum Gasteiger partial charge on any atom is 0.212 e. The van der Waals surface area contributed by atoms with Crippen LogP contribution in [0.5, 0.6) is 5.75 Å². The molecular formula is C14H22N2O3S. The van der Waals surface area contributed by atoms with Crippen molar-refractivity contribution in [3.05, 3.63) is 30.3 Å². The van der Waals surface area contributed by atoms with Crippen LogP contribution in [-0.2, 0) is 10.0 Å². The van der Waals surface area contributed by atoms with Gasteiger partial charge >= 0.3 is 0 Å². The molecule has 1 fully saturated rings. The lowest BCUT2D eigenvalue weighted by Crippen LogP contribution is -2.33. The number of para-hydroxylation sites is 1. The topological polar surface area (TPSA) is 67.4 Å². The van der Waals surface area contributed by atoms with Gasteiger partial charge in [0.15, 0.2) is 0 Å². The lowest BCUT2D eigenvalue weighted by Gasteiger charge is -2.08. The Hall–Kier alpha value is -1.11. The molecule has 1 aliphatic carbocycles. The van der Waals surface area contributed by atoms with E-state index in [-0.39, 0.29) is 5.75 Å². The Balaban J connectivity index is 1.52. The highest BCUT2D eigenvalue weighted by molar-refractivity contribution is 7.89. The Kier molecular flexibility index (Phi) is 5.82. The van der Waals surface area contributed by atoms with Crippen LogP contribution in [0.4, 0.5) is 0 Å². The highest BCUT2D eigenvalue weighted by Crippen LogP contribution is 2.17. The second-order valence-electron chi connectivity index (χ2n) is 4.96. The van der Waals surface area contributed by atoms with Crippen molar-refractivity contribution in [1.29, 1.82) is 0 Å². The molecule has 1 aromatic carbocycles. The number of benzene rings is 1. The smallest absolute Gasteiger partial charge is 0.212 e. The molecule has 5 nitrogen and oxygen atoms in total. The number of sulfonamides is 1. The van der Waals surface area contributed by atoms with Gasteiger partial charge in [-0.3, -0.25) is 0 Å². The van der Waals surface area contributed by atoms with Crippen LogP contribution < -0.4 is 14.8 Å². The number of hydrogen-bond acceptors (Lipinski definition) is 4. The van der Waals surface area contributed by atoms with Crippen molar-refractivity contribution in [2.75, 3.05) is 25.4 Å². The summed E-state index contributed by atoms with van der Waals surface area (Å²) in [5, 5.41) is 3.19. The summed E-state index contributed by atoms with van der Waals surface area (Å²) in [6.07, 6.45) is 3.00. The van der Waals surface area contributed by atoms with Crippen molar-refractivity contribution < 1.29 is 13.2 Å². The SMILES string of the molecule is O=S(=O)(CCNC1CC1)NCCCOc1ccccc1. The second kappa shape index (κ2) is 7.61. The molecule has 0 radical (unpaired) electrons. The van der Waals surface area contributed by atoms with Gasteiger partial charge < -0.3 is 10.1 Å². The maximum absolute atomic E-state index is 11.7. The minimum absolute atomic E-state index is 0.142. The van der Waals surface area contributed by atoms with Crippen molar-refractivity contribution in [2.24, 2.45) is 0 Å². The van der Waals surface area contributed by atoms with E-state index >= 15 is 0 Å². The van der Waals surface area contributed by atoms with Gasteiger partial charge in [0, 0.05) is 19.1 Å².